The number of allylic oxidation sites excluding steroid dienone is 2. The molecule has 7 nitrogen and oxygen atoms in total. The zero-order valence-corrected chi connectivity index (χ0v) is 18.6. The third kappa shape index (κ3) is 49.9. The van der Waals surface area contributed by atoms with Gasteiger partial charge in [0.05, 0.1) is 0 Å². The fraction of sp³-hybridized carbons (Fsp3) is 0.850. The molecular weight excluding hydrogens is 379 g/mol. The lowest BCUT2D eigenvalue weighted by Gasteiger charge is -1.99. The van der Waals surface area contributed by atoms with Crippen molar-refractivity contribution in [1.82, 2.24) is 0 Å². The van der Waals surface area contributed by atoms with Crippen LogP contribution in [0, 0.1) is 0 Å². The van der Waals surface area contributed by atoms with Crippen molar-refractivity contribution in [2.24, 2.45) is 11.5 Å². The first-order valence-corrected chi connectivity index (χ1v) is 11.7. The molecule has 7 N–H and O–H groups in total. The number of hydrogen-bond acceptors (Lipinski definition) is 4. The molecule has 0 bridgehead atoms. The minimum atomic E-state index is -2.87. The highest BCUT2D eigenvalue weighted by atomic mass is 31.1. The minimum Gasteiger partial charge on any atom is -0.481 e. The zero-order valence-electron chi connectivity index (χ0n) is 17.7. The SMILES string of the molecule is CCCCCCCCC=CCCCCCCCC(=O)O.NCCN.O=[P+](O)O. The maximum Gasteiger partial charge on any atom is 0.692 e. The Morgan fingerprint density at radius 1 is 0.786 bits per heavy atom. The van der Waals surface area contributed by atoms with Crippen LogP contribution in [0.3, 0.4) is 0 Å². The molecular formula is C20H44N2O5P+. The molecule has 0 aliphatic rings. The second-order valence-corrected chi connectivity index (χ2v) is 7.06. The Labute approximate surface area is 172 Å². The summed E-state index contributed by atoms with van der Waals surface area (Å²) in [6.45, 7) is 3.45. The molecule has 28 heavy (non-hydrogen) atoms. The third-order valence-electron chi connectivity index (χ3n) is 3.82. The highest BCUT2D eigenvalue weighted by Gasteiger charge is 1.96. The van der Waals surface area contributed by atoms with Gasteiger partial charge in [-0.2, -0.15) is 0 Å². The molecule has 0 amide bonds. The summed E-state index contributed by atoms with van der Waals surface area (Å²) in [5.41, 5.74) is 9.81. The molecule has 0 rings (SSSR count). The van der Waals surface area contributed by atoms with Gasteiger partial charge in [0, 0.05) is 24.1 Å². The Morgan fingerprint density at radius 2 is 1.14 bits per heavy atom. The van der Waals surface area contributed by atoms with Gasteiger partial charge >= 0.3 is 14.2 Å². The van der Waals surface area contributed by atoms with Crippen molar-refractivity contribution in [3.05, 3.63) is 12.2 Å². The Bertz CT molecular complexity index is 349. The topological polar surface area (TPSA) is 147 Å². The van der Waals surface area contributed by atoms with E-state index >= 15 is 0 Å². The second-order valence-electron chi connectivity index (χ2n) is 6.56. The summed E-state index contributed by atoms with van der Waals surface area (Å²) in [6.07, 6.45) is 21.2. The second kappa shape index (κ2) is 30.9. The lowest BCUT2D eigenvalue weighted by atomic mass is 10.1. The van der Waals surface area contributed by atoms with Gasteiger partial charge in [-0.05, 0) is 32.1 Å². The maximum absolute atomic E-state index is 10.3. The van der Waals surface area contributed by atoms with Crippen molar-refractivity contribution in [2.45, 2.75) is 96.8 Å². The number of carboxylic acid groups (broad SMARTS) is 1. The molecule has 0 aromatic carbocycles. The minimum absolute atomic E-state index is 0.332. The van der Waals surface area contributed by atoms with Crippen LogP contribution in [0.2, 0.25) is 0 Å². The molecule has 8 heteroatoms. The average Bonchev–Trinajstić information content (AvgIpc) is 2.64. The molecule has 0 aromatic heterocycles. The Balaban J connectivity index is -0.000000656. The standard InChI is InChI=1S/C18H34O2.C2H8N2.HO3P/c1-2-3-4-5-6-7-8-9-10-11-12-13-14-15-16-17-18(19)20;3-1-2-4;1-4(2)3/h9-10H,2-8,11-17H2,1H3,(H,19,20);1-4H2;(H-,1,2,3)/p+1. The van der Waals surface area contributed by atoms with Crippen LogP contribution < -0.4 is 11.5 Å². The van der Waals surface area contributed by atoms with E-state index in [1.165, 1.54) is 70.6 Å². The maximum atomic E-state index is 10.3. The normalized spacial score (nSPS) is 10.0. The van der Waals surface area contributed by atoms with Crippen LogP contribution in [0.25, 0.3) is 0 Å². The van der Waals surface area contributed by atoms with Crippen molar-refractivity contribution in [3.63, 3.8) is 0 Å². The monoisotopic (exact) mass is 423 g/mol. The fourth-order valence-corrected chi connectivity index (χ4v) is 2.35. The summed E-state index contributed by atoms with van der Waals surface area (Å²) in [4.78, 5) is 24.6. The molecule has 0 saturated heterocycles. The van der Waals surface area contributed by atoms with Crippen LogP contribution in [-0.2, 0) is 9.36 Å². The number of carboxylic acids is 1. The van der Waals surface area contributed by atoms with E-state index < -0.39 is 14.2 Å². The smallest absolute Gasteiger partial charge is 0.481 e. The molecule has 168 valence electrons. The quantitative estimate of drug-likeness (QED) is 0.138. The predicted octanol–water partition coefficient (Wildman–Crippen LogP) is 4.64. The molecule has 0 unspecified atom stereocenters. The Kier molecular flexibility index (Phi) is 35.1. The summed E-state index contributed by atoms with van der Waals surface area (Å²) in [5.74, 6) is -0.664. The molecule has 0 radical (unpaired) electrons. The predicted molar refractivity (Wildman–Crippen MR) is 117 cm³/mol. The van der Waals surface area contributed by atoms with E-state index in [-0.39, 0.29) is 0 Å². The van der Waals surface area contributed by atoms with E-state index in [2.05, 4.69) is 19.1 Å². The van der Waals surface area contributed by atoms with Crippen LogP contribution in [0.1, 0.15) is 96.8 Å². The van der Waals surface area contributed by atoms with Crippen molar-refractivity contribution < 1.29 is 24.3 Å². The summed E-state index contributed by atoms with van der Waals surface area (Å²) in [5, 5.41) is 8.51. The van der Waals surface area contributed by atoms with Crippen molar-refractivity contribution in [2.75, 3.05) is 13.1 Å². The van der Waals surface area contributed by atoms with Crippen LogP contribution in [0.15, 0.2) is 12.2 Å². The summed E-state index contributed by atoms with van der Waals surface area (Å²) in [6, 6.07) is 0. The molecule has 0 fully saturated rings. The van der Waals surface area contributed by atoms with E-state index in [9.17, 15) is 4.79 Å². The molecule has 0 spiro atoms. The number of nitrogens with two attached hydrogens (primary N) is 2. The lowest BCUT2D eigenvalue weighted by molar-refractivity contribution is -0.137. The van der Waals surface area contributed by atoms with Gasteiger partial charge in [-0.25, -0.2) is 0 Å². The number of rotatable bonds is 16. The molecule has 0 saturated carbocycles. The van der Waals surface area contributed by atoms with Gasteiger partial charge in [-0.1, -0.05) is 70.4 Å². The average molecular weight is 424 g/mol. The van der Waals surface area contributed by atoms with Gasteiger partial charge < -0.3 is 16.6 Å². The first-order chi connectivity index (χ1) is 13.4. The Hall–Kier alpha value is -0.850. The summed E-state index contributed by atoms with van der Waals surface area (Å²) in [7, 11) is -2.87. The molecule has 0 heterocycles. The van der Waals surface area contributed by atoms with Crippen LogP contribution >= 0.6 is 8.25 Å². The van der Waals surface area contributed by atoms with Crippen molar-refractivity contribution >= 4 is 14.2 Å². The van der Waals surface area contributed by atoms with Crippen LogP contribution in [0.5, 0.6) is 0 Å². The highest BCUT2D eigenvalue weighted by molar-refractivity contribution is 7.30. The number of carbonyl (C=O) groups is 1. The van der Waals surface area contributed by atoms with Gasteiger partial charge in [-0.15, -0.1) is 9.79 Å². The van der Waals surface area contributed by atoms with E-state index in [0.29, 0.717) is 19.5 Å². The van der Waals surface area contributed by atoms with E-state index in [0.717, 1.165) is 12.8 Å². The number of hydrogen-bond donors (Lipinski definition) is 5. The fourth-order valence-electron chi connectivity index (χ4n) is 2.35. The third-order valence-corrected chi connectivity index (χ3v) is 3.82. The first kappa shape index (κ1) is 31.8. The van der Waals surface area contributed by atoms with E-state index in [1.807, 2.05) is 0 Å². The van der Waals surface area contributed by atoms with Gasteiger partial charge in [0.1, 0.15) is 0 Å². The molecule has 0 aromatic rings. The lowest BCUT2D eigenvalue weighted by Crippen LogP contribution is -2.11. The highest BCUT2D eigenvalue weighted by Crippen LogP contribution is 2.09. The summed E-state index contributed by atoms with van der Waals surface area (Å²) >= 11 is 0. The van der Waals surface area contributed by atoms with E-state index in [1.54, 1.807) is 0 Å². The van der Waals surface area contributed by atoms with Crippen molar-refractivity contribution in [3.8, 4) is 0 Å². The first-order valence-electron chi connectivity index (χ1n) is 10.5. The zero-order chi connectivity index (χ0) is 21.9. The Morgan fingerprint density at radius 3 is 1.50 bits per heavy atom. The van der Waals surface area contributed by atoms with Crippen LogP contribution in [-0.4, -0.2) is 34.0 Å². The van der Waals surface area contributed by atoms with Gasteiger partial charge in [0.15, 0.2) is 0 Å². The van der Waals surface area contributed by atoms with Crippen molar-refractivity contribution in [1.29, 1.82) is 0 Å². The number of unbranched alkanes of at least 4 members (excludes halogenated alkanes) is 11. The molecule has 0 aliphatic carbocycles. The van der Waals surface area contributed by atoms with E-state index in [4.69, 9.17) is 30.9 Å². The number of aliphatic carboxylic acids is 1. The van der Waals surface area contributed by atoms with Gasteiger partial charge in [0.2, 0.25) is 0 Å². The molecule has 0 atom stereocenters. The largest absolute Gasteiger partial charge is 0.692 e. The molecule has 0 aliphatic heterocycles. The van der Waals surface area contributed by atoms with Gasteiger partial charge in [-0.3, -0.25) is 4.79 Å². The van der Waals surface area contributed by atoms with Gasteiger partial charge in [0.25, 0.3) is 0 Å². The van der Waals surface area contributed by atoms with Crippen LogP contribution in [0.4, 0.5) is 0 Å². The summed E-state index contributed by atoms with van der Waals surface area (Å²) < 4.78 is 8.70.